The van der Waals surface area contributed by atoms with Crippen LogP contribution in [0, 0.1) is 20.8 Å². The van der Waals surface area contributed by atoms with Crippen molar-refractivity contribution in [3.8, 4) is 5.75 Å². The van der Waals surface area contributed by atoms with Crippen LogP contribution in [0.3, 0.4) is 0 Å². The van der Waals surface area contributed by atoms with E-state index in [4.69, 9.17) is 16.3 Å². The Bertz CT molecular complexity index is 661. The van der Waals surface area contributed by atoms with Crippen LogP contribution in [0.5, 0.6) is 5.75 Å². The summed E-state index contributed by atoms with van der Waals surface area (Å²) in [6.45, 7) is 6.69. The second-order valence-corrected chi connectivity index (χ2v) is 5.84. The number of hydrogen-bond acceptors (Lipinski definition) is 2. The Morgan fingerprint density at radius 3 is 2.30 bits per heavy atom. The number of carbonyl (C=O) groups is 1. The van der Waals surface area contributed by atoms with Crippen molar-refractivity contribution in [2.24, 2.45) is 0 Å². The summed E-state index contributed by atoms with van der Waals surface area (Å²) in [5.41, 5.74) is 3.87. The smallest absolute Gasteiger partial charge is 0.319 e. The molecule has 0 unspecified atom stereocenters. The van der Waals surface area contributed by atoms with Crippen molar-refractivity contribution in [2.45, 2.75) is 20.8 Å². The van der Waals surface area contributed by atoms with E-state index in [1.54, 1.807) is 0 Å². The molecule has 0 heterocycles. The number of ether oxygens (including phenoxy) is 1. The maximum Gasteiger partial charge on any atom is 0.319 e. The van der Waals surface area contributed by atoms with Gasteiger partial charge in [-0.2, -0.15) is 0 Å². The Morgan fingerprint density at radius 2 is 1.70 bits per heavy atom. The number of carbonyl (C=O) groups excluding carboxylic acids is 1. The first kappa shape index (κ1) is 17.2. The van der Waals surface area contributed by atoms with Gasteiger partial charge in [0.1, 0.15) is 12.4 Å². The molecule has 0 aliphatic rings. The minimum absolute atomic E-state index is 0.249. The number of aryl methyl sites for hydroxylation is 3. The third-order valence-electron chi connectivity index (χ3n) is 3.38. The first-order chi connectivity index (χ1) is 11.0. The molecule has 0 spiro atoms. The monoisotopic (exact) mass is 332 g/mol. The van der Waals surface area contributed by atoms with Gasteiger partial charge >= 0.3 is 6.03 Å². The molecule has 0 aliphatic carbocycles. The Labute approximate surface area is 141 Å². The van der Waals surface area contributed by atoms with Gasteiger partial charge in [0.2, 0.25) is 0 Å². The summed E-state index contributed by atoms with van der Waals surface area (Å²) in [7, 11) is 0. The molecule has 5 heteroatoms. The van der Waals surface area contributed by atoms with E-state index in [-0.39, 0.29) is 6.03 Å². The first-order valence-electron chi connectivity index (χ1n) is 7.47. The van der Waals surface area contributed by atoms with E-state index < -0.39 is 0 Å². The van der Waals surface area contributed by atoms with E-state index >= 15 is 0 Å². The van der Waals surface area contributed by atoms with E-state index in [0.29, 0.717) is 13.2 Å². The standard InChI is InChI=1S/C18H21ClN2O2/c1-12-4-6-15(7-5-12)21-18(22)20-8-9-23-16-10-13(2)17(19)14(3)11-16/h4-7,10-11H,8-9H2,1-3H3,(H2,20,21,22). The molecule has 0 atom stereocenters. The summed E-state index contributed by atoms with van der Waals surface area (Å²) in [5.74, 6) is 0.755. The quantitative estimate of drug-likeness (QED) is 0.794. The summed E-state index contributed by atoms with van der Waals surface area (Å²) in [5, 5.41) is 6.28. The number of halogens is 1. The Balaban J connectivity index is 1.74. The third kappa shape index (κ3) is 5.18. The molecule has 4 nitrogen and oxygen atoms in total. The molecule has 0 fully saturated rings. The van der Waals surface area contributed by atoms with E-state index in [1.807, 2.05) is 57.2 Å². The van der Waals surface area contributed by atoms with Crippen LogP contribution in [-0.2, 0) is 0 Å². The molecular weight excluding hydrogens is 312 g/mol. The molecule has 2 N–H and O–H groups in total. The molecular formula is C18H21ClN2O2. The lowest BCUT2D eigenvalue weighted by Gasteiger charge is -2.11. The van der Waals surface area contributed by atoms with Crippen LogP contribution in [-0.4, -0.2) is 19.2 Å². The van der Waals surface area contributed by atoms with Gasteiger partial charge in [-0.1, -0.05) is 29.3 Å². The van der Waals surface area contributed by atoms with Crippen LogP contribution in [0.2, 0.25) is 5.02 Å². The van der Waals surface area contributed by atoms with Gasteiger partial charge in [0, 0.05) is 10.7 Å². The molecule has 2 amide bonds. The van der Waals surface area contributed by atoms with Crippen LogP contribution < -0.4 is 15.4 Å². The number of nitrogens with one attached hydrogen (secondary N) is 2. The second-order valence-electron chi connectivity index (χ2n) is 5.47. The van der Waals surface area contributed by atoms with Gasteiger partial charge in [0.05, 0.1) is 6.54 Å². The zero-order chi connectivity index (χ0) is 16.8. The maximum atomic E-state index is 11.8. The number of hydrogen-bond donors (Lipinski definition) is 2. The molecule has 2 aromatic carbocycles. The lowest BCUT2D eigenvalue weighted by atomic mass is 10.1. The predicted molar refractivity (Wildman–Crippen MR) is 94.6 cm³/mol. The minimum atomic E-state index is -0.249. The van der Waals surface area contributed by atoms with Gasteiger partial charge in [-0.15, -0.1) is 0 Å². The van der Waals surface area contributed by atoms with Crippen molar-refractivity contribution < 1.29 is 9.53 Å². The molecule has 0 radical (unpaired) electrons. The SMILES string of the molecule is Cc1ccc(NC(=O)NCCOc2cc(C)c(Cl)c(C)c2)cc1. The Morgan fingerprint density at radius 1 is 1.09 bits per heavy atom. The summed E-state index contributed by atoms with van der Waals surface area (Å²) in [6, 6.07) is 11.2. The van der Waals surface area contributed by atoms with Crippen LogP contribution in [0.15, 0.2) is 36.4 Å². The van der Waals surface area contributed by atoms with E-state index in [1.165, 1.54) is 0 Å². The fraction of sp³-hybridized carbons (Fsp3) is 0.278. The summed E-state index contributed by atoms with van der Waals surface area (Å²) in [4.78, 5) is 11.8. The fourth-order valence-corrected chi connectivity index (χ4v) is 2.24. The molecule has 0 bridgehead atoms. The van der Waals surface area contributed by atoms with Gasteiger partial charge in [-0.05, 0) is 56.2 Å². The Hall–Kier alpha value is -2.20. The minimum Gasteiger partial charge on any atom is -0.492 e. The lowest BCUT2D eigenvalue weighted by molar-refractivity contribution is 0.247. The number of benzene rings is 2. The van der Waals surface area contributed by atoms with Gasteiger partial charge in [0.15, 0.2) is 0 Å². The molecule has 23 heavy (non-hydrogen) atoms. The zero-order valence-electron chi connectivity index (χ0n) is 13.6. The highest BCUT2D eigenvalue weighted by molar-refractivity contribution is 6.32. The van der Waals surface area contributed by atoms with Crippen molar-refractivity contribution in [1.82, 2.24) is 5.32 Å². The van der Waals surface area contributed by atoms with Gasteiger partial charge < -0.3 is 15.4 Å². The van der Waals surface area contributed by atoms with Crippen molar-refractivity contribution >= 4 is 23.3 Å². The van der Waals surface area contributed by atoms with E-state index in [0.717, 1.165) is 33.1 Å². The van der Waals surface area contributed by atoms with Crippen LogP contribution in [0.25, 0.3) is 0 Å². The summed E-state index contributed by atoms with van der Waals surface area (Å²) >= 11 is 6.12. The predicted octanol–water partition coefficient (Wildman–Crippen LogP) is 4.47. The number of amides is 2. The lowest BCUT2D eigenvalue weighted by Crippen LogP contribution is -2.32. The highest BCUT2D eigenvalue weighted by Crippen LogP contribution is 2.25. The maximum absolute atomic E-state index is 11.8. The molecule has 0 saturated carbocycles. The highest BCUT2D eigenvalue weighted by Gasteiger charge is 2.04. The first-order valence-corrected chi connectivity index (χ1v) is 7.84. The van der Waals surface area contributed by atoms with Crippen molar-refractivity contribution in [3.05, 3.63) is 58.1 Å². The summed E-state index contributed by atoms with van der Waals surface area (Å²) < 4.78 is 5.64. The van der Waals surface area contributed by atoms with Gasteiger partial charge in [-0.25, -0.2) is 4.79 Å². The number of anilines is 1. The van der Waals surface area contributed by atoms with E-state index in [2.05, 4.69) is 10.6 Å². The molecule has 0 aromatic heterocycles. The van der Waals surface area contributed by atoms with Gasteiger partial charge in [0.25, 0.3) is 0 Å². The fourth-order valence-electron chi connectivity index (χ4n) is 2.14. The summed E-state index contributed by atoms with van der Waals surface area (Å²) in [6.07, 6.45) is 0. The van der Waals surface area contributed by atoms with E-state index in [9.17, 15) is 4.79 Å². The largest absolute Gasteiger partial charge is 0.492 e. The molecule has 0 saturated heterocycles. The topological polar surface area (TPSA) is 50.4 Å². The van der Waals surface area contributed by atoms with Gasteiger partial charge in [-0.3, -0.25) is 0 Å². The zero-order valence-corrected chi connectivity index (χ0v) is 14.3. The van der Waals surface area contributed by atoms with Crippen LogP contribution in [0.4, 0.5) is 10.5 Å². The van der Waals surface area contributed by atoms with Crippen LogP contribution >= 0.6 is 11.6 Å². The molecule has 122 valence electrons. The normalized spacial score (nSPS) is 10.3. The van der Waals surface area contributed by atoms with Crippen molar-refractivity contribution in [3.63, 3.8) is 0 Å². The third-order valence-corrected chi connectivity index (χ3v) is 3.97. The average molecular weight is 333 g/mol. The number of urea groups is 1. The van der Waals surface area contributed by atoms with Crippen molar-refractivity contribution in [1.29, 1.82) is 0 Å². The highest BCUT2D eigenvalue weighted by atomic mass is 35.5. The Kier molecular flexibility index (Phi) is 5.88. The molecule has 2 aromatic rings. The second kappa shape index (κ2) is 7.88. The molecule has 0 aliphatic heterocycles. The van der Waals surface area contributed by atoms with Crippen LogP contribution in [0.1, 0.15) is 16.7 Å². The number of rotatable bonds is 5. The van der Waals surface area contributed by atoms with Crippen molar-refractivity contribution in [2.75, 3.05) is 18.5 Å². The molecule has 2 rings (SSSR count). The average Bonchev–Trinajstić information content (AvgIpc) is 2.51.